The Morgan fingerprint density at radius 2 is 2.08 bits per heavy atom. The summed E-state index contributed by atoms with van der Waals surface area (Å²) in [7, 11) is 1.21. The minimum Gasteiger partial charge on any atom is -0.466 e. The molecule has 0 aromatic heterocycles. The van der Waals surface area contributed by atoms with Crippen molar-refractivity contribution in [1.82, 2.24) is 0 Å². The summed E-state index contributed by atoms with van der Waals surface area (Å²) >= 11 is 0. The van der Waals surface area contributed by atoms with E-state index in [1.807, 2.05) is 11.0 Å². The van der Waals surface area contributed by atoms with Crippen LogP contribution in [0.1, 0.15) is 18.4 Å². The molecule has 1 aliphatic heterocycles. The van der Waals surface area contributed by atoms with Gasteiger partial charge in [0, 0.05) is 25.2 Å². The lowest BCUT2D eigenvalue weighted by Gasteiger charge is -2.33. The van der Waals surface area contributed by atoms with E-state index >= 15 is 0 Å². The zero-order chi connectivity index (χ0) is 18.4. The molecule has 9 nitrogen and oxygen atoms in total. The number of nitro groups is 1. The van der Waals surface area contributed by atoms with Crippen LogP contribution in [0.5, 0.6) is 0 Å². The molecule has 9 heteroatoms. The summed E-state index contributed by atoms with van der Waals surface area (Å²) in [5.74, 6) is -1.39. The van der Waals surface area contributed by atoms with E-state index in [0.717, 1.165) is 0 Å². The van der Waals surface area contributed by atoms with E-state index in [2.05, 4.69) is 4.74 Å². The quantitative estimate of drug-likeness (QED) is 0.445. The molecule has 1 heterocycles. The number of nitro benzene ring substituents is 1. The van der Waals surface area contributed by atoms with Crippen LogP contribution in [0, 0.1) is 27.4 Å². The van der Waals surface area contributed by atoms with Gasteiger partial charge in [0.2, 0.25) is 0 Å². The highest BCUT2D eigenvalue weighted by molar-refractivity contribution is 5.78. The number of ether oxygens (including phenoxy) is 2. The van der Waals surface area contributed by atoms with Gasteiger partial charge in [-0.25, -0.2) is 4.79 Å². The van der Waals surface area contributed by atoms with Crippen molar-refractivity contribution in [2.24, 2.45) is 5.92 Å². The van der Waals surface area contributed by atoms with Crippen LogP contribution in [0.4, 0.5) is 11.4 Å². The number of carbonyl (C=O) groups is 2. The smallest absolute Gasteiger partial charge is 0.344 e. The number of hydrogen-bond acceptors (Lipinski definition) is 8. The maximum absolute atomic E-state index is 11.9. The average molecular weight is 347 g/mol. The second-order valence-corrected chi connectivity index (χ2v) is 5.52. The first-order valence-corrected chi connectivity index (χ1v) is 7.63. The SMILES string of the molecule is COC(=O)COC(=O)C1CCN(c2ccc([N+](=O)[O-])cc2C#N)CC1. The van der Waals surface area contributed by atoms with E-state index in [1.165, 1.54) is 19.2 Å². The Balaban J connectivity index is 1.98. The van der Waals surface area contributed by atoms with Gasteiger partial charge in [0.05, 0.1) is 29.2 Å². The molecule has 0 radical (unpaired) electrons. The van der Waals surface area contributed by atoms with Crippen molar-refractivity contribution >= 4 is 23.3 Å². The summed E-state index contributed by atoms with van der Waals surface area (Å²) in [5.41, 5.74) is 0.692. The molecular formula is C16H17N3O6. The van der Waals surface area contributed by atoms with Crippen molar-refractivity contribution in [1.29, 1.82) is 5.26 Å². The van der Waals surface area contributed by atoms with Gasteiger partial charge in [0.25, 0.3) is 5.69 Å². The van der Waals surface area contributed by atoms with E-state index in [9.17, 15) is 25.0 Å². The second-order valence-electron chi connectivity index (χ2n) is 5.52. The zero-order valence-corrected chi connectivity index (χ0v) is 13.6. The number of piperidine rings is 1. The fourth-order valence-electron chi connectivity index (χ4n) is 2.67. The Morgan fingerprint density at radius 3 is 2.64 bits per heavy atom. The number of anilines is 1. The van der Waals surface area contributed by atoms with Crippen molar-refractivity contribution in [2.45, 2.75) is 12.8 Å². The van der Waals surface area contributed by atoms with Crippen LogP contribution < -0.4 is 4.90 Å². The maximum Gasteiger partial charge on any atom is 0.344 e. The maximum atomic E-state index is 11.9. The molecule has 1 aliphatic rings. The fourth-order valence-corrected chi connectivity index (χ4v) is 2.67. The Hall–Kier alpha value is -3.15. The van der Waals surface area contributed by atoms with Gasteiger partial charge in [-0.05, 0) is 18.9 Å². The number of hydrogen-bond donors (Lipinski definition) is 0. The first kappa shape index (κ1) is 18.2. The molecule has 0 atom stereocenters. The average Bonchev–Trinajstić information content (AvgIpc) is 2.65. The van der Waals surface area contributed by atoms with Gasteiger partial charge in [-0.15, -0.1) is 0 Å². The van der Waals surface area contributed by atoms with Crippen LogP contribution in [0.3, 0.4) is 0 Å². The molecule has 1 fully saturated rings. The normalized spacial score (nSPS) is 14.5. The molecular weight excluding hydrogens is 330 g/mol. The lowest BCUT2D eigenvalue weighted by molar-refractivity contribution is -0.384. The van der Waals surface area contributed by atoms with Gasteiger partial charge in [0.15, 0.2) is 6.61 Å². The van der Waals surface area contributed by atoms with Crippen LogP contribution >= 0.6 is 0 Å². The zero-order valence-electron chi connectivity index (χ0n) is 13.6. The van der Waals surface area contributed by atoms with Crippen molar-refractivity contribution in [2.75, 3.05) is 31.7 Å². The predicted octanol–water partition coefficient (Wildman–Crippen LogP) is 1.40. The highest BCUT2D eigenvalue weighted by atomic mass is 16.6. The number of benzene rings is 1. The Bertz CT molecular complexity index is 719. The molecule has 1 aromatic rings. The molecule has 1 aromatic carbocycles. The monoisotopic (exact) mass is 347 g/mol. The number of rotatable bonds is 5. The largest absolute Gasteiger partial charge is 0.466 e. The number of esters is 2. The molecule has 0 bridgehead atoms. The number of methoxy groups -OCH3 is 1. The number of nitriles is 1. The minimum atomic E-state index is -0.615. The lowest BCUT2D eigenvalue weighted by Crippen LogP contribution is -2.37. The van der Waals surface area contributed by atoms with Crippen LogP contribution in [-0.2, 0) is 19.1 Å². The third-order valence-corrected chi connectivity index (χ3v) is 4.04. The molecule has 1 saturated heterocycles. The van der Waals surface area contributed by atoms with E-state index in [1.54, 1.807) is 6.07 Å². The van der Waals surface area contributed by atoms with Crippen LogP contribution in [-0.4, -0.2) is 43.7 Å². The summed E-state index contributed by atoms with van der Waals surface area (Å²) < 4.78 is 9.31. The van der Waals surface area contributed by atoms with E-state index in [-0.39, 0.29) is 17.2 Å². The van der Waals surface area contributed by atoms with E-state index < -0.39 is 23.5 Å². The van der Waals surface area contributed by atoms with Gasteiger partial charge in [-0.1, -0.05) is 0 Å². The summed E-state index contributed by atoms with van der Waals surface area (Å²) in [6, 6.07) is 6.12. The van der Waals surface area contributed by atoms with Crippen LogP contribution in [0.15, 0.2) is 18.2 Å². The van der Waals surface area contributed by atoms with Crippen LogP contribution in [0.2, 0.25) is 0 Å². The van der Waals surface area contributed by atoms with E-state index in [0.29, 0.717) is 31.6 Å². The molecule has 0 unspecified atom stereocenters. The van der Waals surface area contributed by atoms with Crippen molar-refractivity contribution in [3.8, 4) is 6.07 Å². The highest BCUT2D eigenvalue weighted by Gasteiger charge is 2.28. The third kappa shape index (κ3) is 4.44. The Morgan fingerprint density at radius 1 is 1.40 bits per heavy atom. The second kappa shape index (κ2) is 8.10. The third-order valence-electron chi connectivity index (χ3n) is 4.04. The topological polar surface area (TPSA) is 123 Å². The van der Waals surface area contributed by atoms with Crippen LogP contribution in [0.25, 0.3) is 0 Å². The summed E-state index contributed by atoms with van der Waals surface area (Å²) in [5, 5.41) is 20.0. The van der Waals surface area contributed by atoms with Gasteiger partial charge >= 0.3 is 11.9 Å². The molecule has 2 rings (SSSR count). The van der Waals surface area contributed by atoms with Gasteiger partial charge in [-0.3, -0.25) is 14.9 Å². The molecule has 0 amide bonds. The fraction of sp³-hybridized carbons (Fsp3) is 0.438. The van der Waals surface area contributed by atoms with Crippen molar-refractivity contribution in [3.05, 3.63) is 33.9 Å². The van der Waals surface area contributed by atoms with Gasteiger partial charge < -0.3 is 14.4 Å². The first-order valence-electron chi connectivity index (χ1n) is 7.63. The number of nitrogens with zero attached hydrogens (tertiary/aromatic N) is 3. The van der Waals surface area contributed by atoms with E-state index in [4.69, 9.17) is 4.74 Å². The molecule has 0 N–H and O–H groups in total. The number of carbonyl (C=O) groups excluding carboxylic acids is 2. The van der Waals surface area contributed by atoms with Crippen molar-refractivity contribution in [3.63, 3.8) is 0 Å². The lowest BCUT2D eigenvalue weighted by atomic mass is 9.96. The Kier molecular flexibility index (Phi) is 5.89. The summed E-state index contributed by atoms with van der Waals surface area (Å²) in [6.45, 7) is 0.603. The Labute approximate surface area is 143 Å². The predicted molar refractivity (Wildman–Crippen MR) is 85.7 cm³/mol. The van der Waals surface area contributed by atoms with Crippen molar-refractivity contribution < 1.29 is 24.0 Å². The molecule has 0 aliphatic carbocycles. The molecule has 25 heavy (non-hydrogen) atoms. The first-order chi connectivity index (χ1) is 12.0. The summed E-state index contributed by atoms with van der Waals surface area (Å²) in [4.78, 5) is 35.1. The molecule has 132 valence electrons. The molecule has 0 saturated carbocycles. The summed E-state index contributed by atoms with van der Waals surface area (Å²) in [6.07, 6.45) is 1.00. The van der Waals surface area contributed by atoms with Gasteiger partial charge in [0.1, 0.15) is 6.07 Å². The van der Waals surface area contributed by atoms with Gasteiger partial charge in [-0.2, -0.15) is 5.26 Å². The molecule has 0 spiro atoms. The highest BCUT2D eigenvalue weighted by Crippen LogP contribution is 2.29. The minimum absolute atomic E-state index is 0.137. The standard InChI is InChI=1S/C16H17N3O6/c1-24-15(20)10-25-16(21)11-4-6-18(7-5-11)14-3-2-13(19(22)23)8-12(14)9-17/h2-3,8,11H,4-7,10H2,1H3. The number of non-ortho nitro benzene ring substituents is 1.